The van der Waals surface area contributed by atoms with E-state index in [-0.39, 0.29) is 0 Å². The van der Waals surface area contributed by atoms with Crippen LogP contribution in [-0.4, -0.2) is 17.1 Å². The molecule has 3 rings (SSSR count). The van der Waals surface area contributed by atoms with Gasteiger partial charge in [0.1, 0.15) is 10.9 Å². The number of nitrogens with zero attached hydrogens (tertiary/aromatic N) is 2. The van der Waals surface area contributed by atoms with Gasteiger partial charge >= 0.3 is 0 Å². The number of ether oxygens (including phenoxy) is 1. The van der Waals surface area contributed by atoms with E-state index in [4.69, 9.17) is 16.3 Å². The quantitative estimate of drug-likeness (QED) is 0.784. The van der Waals surface area contributed by atoms with Gasteiger partial charge in [-0.3, -0.25) is 0 Å². The van der Waals surface area contributed by atoms with Crippen molar-refractivity contribution in [3.8, 4) is 17.1 Å². The molecule has 1 aliphatic carbocycles. The maximum atomic E-state index is 6.29. The zero-order valence-corrected chi connectivity index (χ0v) is 11.6. The van der Waals surface area contributed by atoms with E-state index >= 15 is 0 Å². The molecule has 4 heteroatoms. The second kappa shape index (κ2) is 5.17. The third kappa shape index (κ3) is 2.43. The number of aryl methyl sites for hydroxylation is 1. The number of hydrogen-bond donors (Lipinski definition) is 0. The van der Waals surface area contributed by atoms with E-state index in [1.807, 2.05) is 24.3 Å². The molecule has 19 heavy (non-hydrogen) atoms. The van der Waals surface area contributed by atoms with Crippen molar-refractivity contribution in [2.75, 3.05) is 7.11 Å². The van der Waals surface area contributed by atoms with E-state index < -0.39 is 0 Å². The molecule has 0 unspecified atom stereocenters. The van der Waals surface area contributed by atoms with Crippen molar-refractivity contribution in [3.05, 3.63) is 40.7 Å². The average molecular weight is 275 g/mol. The van der Waals surface area contributed by atoms with Crippen molar-refractivity contribution in [1.82, 2.24) is 9.97 Å². The Labute approximate surface area is 117 Å². The lowest BCUT2D eigenvalue weighted by molar-refractivity contribution is 0.415. The number of rotatable bonds is 2. The minimum absolute atomic E-state index is 0.600. The van der Waals surface area contributed by atoms with Gasteiger partial charge in [0.25, 0.3) is 0 Å². The van der Waals surface area contributed by atoms with Crippen LogP contribution in [0.2, 0.25) is 5.15 Å². The number of aromatic nitrogens is 2. The fourth-order valence-electron chi connectivity index (χ4n) is 2.44. The summed E-state index contributed by atoms with van der Waals surface area (Å²) in [4.78, 5) is 9.10. The van der Waals surface area contributed by atoms with Gasteiger partial charge in [-0.25, -0.2) is 9.97 Å². The molecule has 0 amide bonds. The summed E-state index contributed by atoms with van der Waals surface area (Å²) in [5.74, 6) is 1.49. The van der Waals surface area contributed by atoms with Crippen molar-refractivity contribution >= 4 is 11.6 Å². The molecule has 0 atom stereocenters. The number of halogens is 1. The van der Waals surface area contributed by atoms with Gasteiger partial charge in [0.05, 0.1) is 7.11 Å². The molecule has 0 N–H and O–H groups in total. The minimum Gasteiger partial charge on any atom is -0.497 e. The van der Waals surface area contributed by atoms with E-state index in [0.717, 1.165) is 35.4 Å². The van der Waals surface area contributed by atoms with E-state index in [0.29, 0.717) is 11.0 Å². The molecule has 0 saturated heterocycles. The van der Waals surface area contributed by atoms with Crippen LogP contribution in [0.1, 0.15) is 24.1 Å². The Kier molecular flexibility index (Phi) is 3.38. The van der Waals surface area contributed by atoms with Gasteiger partial charge < -0.3 is 4.74 Å². The standard InChI is InChI=1S/C15H15ClN2O/c1-19-11-6-4-5-10(9-11)15-17-13-8-3-2-7-12(13)14(16)18-15/h4-6,9H,2-3,7-8H2,1H3. The molecule has 1 heterocycles. The highest BCUT2D eigenvalue weighted by atomic mass is 35.5. The molecule has 1 aromatic carbocycles. The second-order valence-corrected chi connectivity index (χ2v) is 5.06. The Hall–Kier alpha value is -1.61. The van der Waals surface area contributed by atoms with Crippen LogP contribution in [0.5, 0.6) is 5.75 Å². The largest absolute Gasteiger partial charge is 0.497 e. The van der Waals surface area contributed by atoms with E-state index in [9.17, 15) is 0 Å². The molecule has 98 valence electrons. The average Bonchev–Trinajstić information content (AvgIpc) is 2.47. The topological polar surface area (TPSA) is 35.0 Å². The van der Waals surface area contributed by atoms with Crippen LogP contribution in [0, 0.1) is 0 Å². The Morgan fingerprint density at radius 3 is 2.84 bits per heavy atom. The van der Waals surface area contributed by atoms with Crippen LogP contribution in [-0.2, 0) is 12.8 Å². The number of hydrogen-bond acceptors (Lipinski definition) is 3. The highest BCUT2D eigenvalue weighted by molar-refractivity contribution is 6.30. The molecule has 1 aliphatic rings. The molecule has 0 spiro atoms. The molecule has 0 fully saturated rings. The smallest absolute Gasteiger partial charge is 0.161 e. The predicted octanol–water partition coefficient (Wildman–Crippen LogP) is 3.68. The summed E-state index contributed by atoms with van der Waals surface area (Å²) < 4.78 is 5.23. The molecule has 1 aromatic heterocycles. The van der Waals surface area contributed by atoms with Gasteiger partial charge in [-0.1, -0.05) is 23.7 Å². The molecule has 0 radical (unpaired) electrons. The van der Waals surface area contributed by atoms with Crippen LogP contribution in [0.15, 0.2) is 24.3 Å². The van der Waals surface area contributed by atoms with Crippen molar-refractivity contribution in [1.29, 1.82) is 0 Å². The highest BCUT2D eigenvalue weighted by Crippen LogP contribution is 2.29. The van der Waals surface area contributed by atoms with E-state index in [2.05, 4.69) is 9.97 Å². The first-order valence-electron chi connectivity index (χ1n) is 6.47. The summed E-state index contributed by atoms with van der Waals surface area (Å²) >= 11 is 6.29. The fourth-order valence-corrected chi connectivity index (χ4v) is 2.72. The Morgan fingerprint density at radius 1 is 1.16 bits per heavy atom. The first kappa shape index (κ1) is 12.4. The molecular formula is C15H15ClN2O. The van der Waals surface area contributed by atoms with Crippen LogP contribution < -0.4 is 4.74 Å². The summed E-state index contributed by atoms with van der Waals surface area (Å²) in [6.45, 7) is 0. The number of benzene rings is 1. The first-order chi connectivity index (χ1) is 9.28. The lowest BCUT2D eigenvalue weighted by atomic mass is 9.97. The maximum absolute atomic E-state index is 6.29. The Balaban J connectivity index is 2.07. The van der Waals surface area contributed by atoms with Crippen molar-refractivity contribution in [3.63, 3.8) is 0 Å². The van der Waals surface area contributed by atoms with Crippen LogP contribution in [0.25, 0.3) is 11.4 Å². The fraction of sp³-hybridized carbons (Fsp3) is 0.333. The number of fused-ring (bicyclic) bond motifs is 1. The normalized spacial score (nSPS) is 14.0. The van der Waals surface area contributed by atoms with E-state index in [1.54, 1.807) is 7.11 Å². The third-order valence-electron chi connectivity index (χ3n) is 3.46. The summed E-state index contributed by atoms with van der Waals surface area (Å²) in [5, 5.41) is 0.600. The Morgan fingerprint density at radius 2 is 2.00 bits per heavy atom. The summed E-state index contributed by atoms with van der Waals surface area (Å²) in [6.07, 6.45) is 4.34. The number of methoxy groups -OCH3 is 1. The van der Waals surface area contributed by atoms with Crippen molar-refractivity contribution < 1.29 is 4.74 Å². The zero-order chi connectivity index (χ0) is 13.2. The lowest BCUT2D eigenvalue weighted by Gasteiger charge is -2.16. The molecule has 2 aromatic rings. The van der Waals surface area contributed by atoms with Gasteiger partial charge in [-0.2, -0.15) is 0 Å². The van der Waals surface area contributed by atoms with Gasteiger partial charge in [-0.05, 0) is 37.8 Å². The zero-order valence-electron chi connectivity index (χ0n) is 10.8. The molecular weight excluding hydrogens is 260 g/mol. The summed E-state index contributed by atoms with van der Waals surface area (Å²) in [6, 6.07) is 7.75. The van der Waals surface area contributed by atoms with Crippen LogP contribution >= 0.6 is 11.6 Å². The van der Waals surface area contributed by atoms with Crippen molar-refractivity contribution in [2.24, 2.45) is 0 Å². The van der Waals surface area contributed by atoms with Gasteiger partial charge in [-0.15, -0.1) is 0 Å². The SMILES string of the molecule is COc1cccc(-c2nc(Cl)c3c(n2)CCCC3)c1. The molecule has 0 saturated carbocycles. The van der Waals surface area contributed by atoms with Crippen molar-refractivity contribution in [2.45, 2.75) is 25.7 Å². The maximum Gasteiger partial charge on any atom is 0.161 e. The van der Waals surface area contributed by atoms with Crippen LogP contribution in [0.3, 0.4) is 0 Å². The molecule has 0 bridgehead atoms. The highest BCUT2D eigenvalue weighted by Gasteiger charge is 2.17. The summed E-state index contributed by atoms with van der Waals surface area (Å²) in [5.41, 5.74) is 3.17. The second-order valence-electron chi connectivity index (χ2n) is 4.70. The monoisotopic (exact) mass is 274 g/mol. The summed E-state index contributed by atoms with van der Waals surface area (Å²) in [7, 11) is 1.65. The lowest BCUT2D eigenvalue weighted by Crippen LogP contribution is -2.08. The van der Waals surface area contributed by atoms with Crippen LogP contribution in [0.4, 0.5) is 0 Å². The van der Waals surface area contributed by atoms with Gasteiger partial charge in [0, 0.05) is 16.8 Å². The first-order valence-corrected chi connectivity index (χ1v) is 6.85. The Bertz CT molecular complexity index is 613. The molecule has 0 aliphatic heterocycles. The van der Waals surface area contributed by atoms with Gasteiger partial charge in [0.2, 0.25) is 0 Å². The van der Waals surface area contributed by atoms with Gasteiger partial charge in [0.15, 0.2) is 5.82 Å². The molecule has 3 nitrogen and oxygen atoms in total. The predicted molar refractivity (Wildman–Crippen MR) is 75.7 cm³/mol. The van der Waals surface area contributed by atoms with E-state index in [1.165, 1.54) is 12.8 Å². The third-order valence-corrected chi connectivity index (χ3v) is 3.77. The minimum atomic E-state index is 0.600.